The van der Waals surface area contributed by atoms with Crippen LogP contribution in [-0.2, 0) is 4.74 Å². The van der Waals surface area contributed by atoms with Gasteiger partial charge in [-0.25, -0.2) is 9.48 Å². The van der Waals surface area contributed by atoms with E-state index in [2.05, 4.69) is 10.1 Å². The van der Waals surface area contributed by atoms with Crippen LogP contribution in [0.4, 0.5) is 10.5 Å². The van der Waals surface area contributed by atoms with Crippen LogP contribution in [0.2, 0.25) is 5.15 Å². The molecule has 100 valence electrons. The van der Waals surface area contributed by atoms with Gasteiger partial charge in [0, 0.05) is 12.7 Å². The third-order valence-corrected chi connectivity index (χ3v) is 2.83. The molecule has 0 unspecified atom stereocenters. The molecule has 1 amide bonds. The maximum Gasteiger partial charge on any atom is 0.414 e. The van der Waals surface area contributed by atoms with Crippen molar-refractivity contribution >= 4 is 23.4 Å². The molecule has 2 heterocycles. The molecule has 7 heteroatoms. The fourth-order valence-electron chi connectivity index (χ4n) is 1.65. The molecule has 0 spiro atoms. The fraction of sp³-hybridized carbons (Fsp3) is 0.250. The number of aromatic nitrogens is 3. The van der Waals surface area contributed by atoms with Crippen molar-refractivity contribution < 1.29 is 9.53 Å². The Balaban J connectivity index is 2.38. The van der Waals surface area contributed by atoms with E-state index in [1.807, 2.05) is 13.0 Å². The van der Waals surface area contributed by atoms with Crippen LogP contribution >= 0.6 is 11.6 Å². The summed E-state index contributed by atoms with van der Waals surface area (Å²) in [6, 6.07) is 3.64. The summed E-state index contributed by atoms with van der Waals surface area (Å²) in [5.74, 6) is 0. The molecule has 0 radical (unpaired) electrons. The number of nitrogens with zero attached hydrogens (tertiary/aromatic N) is 4. The molecule has 2 aromatic heterocycles. The second-order valence-electron chi connectivity index (χ2n) is 3.68. The minimum Gasteiger partial charge on any atom is -0.452 e. The maximum absolute atomic E-state index is 11.6. The van der Waals surface area contributed by atoms with E-state index in [-0.39, 0.29) is 5.15 Å². The number of hydrogen-bond acceptors (Lipinski definition) is 4. The first-order chi connectivity index (χ1) is 9.17. The molecule has 6 nitrogen and oxygen atoms in total. The monoisotopic (exact) mass is 280 g/mol. The molecule has 0 aliphatic heterocycles. The average Bonchev–Trinajstić information content (AvgIpc) is 2.82. The summed E-state index contributed by atoms with van der Waals surface area (Å²) in [7, 11) is 1.32. The van der Waals surface area contributed by atoms with Crippen LogP contribution in [0, 0.1) is 0 Å². The molecule has 0 atom stereocenters. The second-order valence-corrected chi connectivity index (χ2v) is 4.03. The Hall–Kier alpha value is -2.08. The lowest BCUT2D eigenvalue weighted by molar-refractivity contribution is 0.179. The standard InChI is InChI=1S/C12H13ClN4O2/c1-3-16(12(18)19-2)10-8-17(15-11(10)13)9-5-4-6-14-7-9/h4-8H,3H2,1-2H3. The molecule has 0 bridgehead atoms. The normalized spacial score (nSPS) is 10.3. The number of pyridine rings is 1. The van der Waals surface area contributed by atoms with E-state index in [1.165, 1.54) is 12.0 Å². The first-order valence-corrected chi connectivity index (χ1v) is 6.06. The summed E-state index contributed by atoms with van der Waals surface area (Å²) in [4.78, 5) is 17.0. The van der Waals surface area contributed by atoms with Crippen molar-refractivity contribution in [3.8, 4) is 5.69 Å². The highest BCUT2D eigenvalue weighted by molar-refractivity contribution is 6.32. The minimum absolute atomic E-state index is 0.233. The SMILES string of the molecule is CCN(C(=O)OC)c1cn(-c2cccnc2)nc1Cl. The molecule has 19 heavy (non-hydrogen) atoms. The summed E-state index contributed by atoms with van der Waals surface area (Å²) in [6.45, 7) is 2.26. The summed E-state index contributed by atoms with van der Waals surface area (Å²) in [5.41, 5.74) is 1.26. The highest BCUT2D eigenvalue weighted by atomic mass is 35.5. The topological polar surface area (TPSA) is 60.2 Å². The lowest BCUT2D eigenvalue weighted by Crippen LogP contribution is -2.30. The summed E-state index contributed by atoms with van der Waals surface area (Å²) < 4.78 is 6.27. The Morgan fingerprint density at radius 3 is 2.95 bits per heavy atom. The highest BCUT2D eigenvalue weighted by Crippen LogP contribution is 2.26. The van der Waals surface area contributed by atoms with Gasteiger partial charge in [0.15, 0.2) is 5.15 Å². The molecule has 0 saturated heterocycles. The minimum atomic E-state index is -0.477. The Morgan fingerprint density at radius 1 is 1.58 bits per heavy atom. The fourth-order valence-corrected chi connectivity index (χ4v) is 1.89. The Labute approximate surface area is 115 Å². The van der Waals surface area contributed by atoms with Gasteiger partial charge in [-0.1, -0.05) is 11.6 Å². The van der Waals surface area contributed by atoms with Crippen molar-refractivity contribution in [3.05, 3.63) is 35.9 Å². The van der Waals surface area contributed by atoms with Gasteiger partial charge in [0.2, 0.25) is 0 Å². The molecule has 0 fully saturated rings. The van der Waals surface area contributed by atoms with Crippen LogP contribution in [0.3, 0.4) is 0 Å². The number of anilines is 1. The van der Waals surface area contributed by atoms with Gasteiger partial charge in [-0.15, -0.1) is 0 Å². The Kier molecular flexibility index (Phi) is 4.01. The van der Waals surface area contributed by atoms with E-state index >= 15 is 0 Å². The first-order valence-electron chi connectivity index (χ1n) is 5.68. The zero-order valence-electron chi connectivity index (χ0n) is 10.6. The summed E-state index contributed by atoms with van der Waals surface area (Å²) in [6.07, 6.45) is 4.51. The van der Waals surface area contributed by atoms with Gasteiger partial charge >= 0.3 is 6.09 Å². The van der Waals surface area contributed by atoms with E-state index in [4.69, 9.17) is 16.3 Å². The molecular weight excluding hydrogens is 268 g/mol. The summed E-state index contributed by atoms with van der Waals surface area (Å²) in [5, 5.41) is 4.39. The number of methoxy groups -OCH3 is 1. The third kappa shape index (κ3) is 2.68. The van der Waals surface area contributed by atoms with E-state index in [1.54, 1.807) is 29.3 Å². The number of carbonyl (C=O) groups excluding carboxylic acids is 1. The van der Waals surface area contributed by atoms with Gasteiger partial charge in [0.1, 0.15) is 5.69 Å². The van der Waals surface area contributed by atoms with Crippen LogP contribution in [0.15, 0.2) is 30.7 Å². The number of hydrogen-bond donors (Lipinski definition) is 0. The average molecular weight is 281 g/mol. The van der Waals surface area contributed by atoms with E-state index in [0.717, 1.165) is 5.69 Å². The van der Waals surface area contributed by atoms with Crippen molar-refractivity contribution in [1.82, 2.24) is 14.8 Å². The molecule has 0 aliphatic carbocycles. The van der Waals surface area contributed by atoms with Gasteiger partial charge in [-0.05, 0) is 19.1 Å². The Bertz CT molecular complexity index is 570. The van der Waals surface area contributed by atoms with Crippen molar-refractivity contribution in [2.75, 3.05) is 18.6 Å². The lowest BCUT2D eigenvalue weighted by Gasteiger charge is -2.17. The molecule has 2 rings (SSSR count). The molecular formula is C12H13ClN4O2. The van der Waals surface area contributed by atoms with Crippen LogP contribution in [0.5, 0.6) is 0 Å². The molecule has 2 aromatic rings. The van der Waals surface area contributed by atoms with E-state index in [0.29, 0.717) is 12.2 Å². The van der Waals surface area contributed by atoms with Crippen LogP contribution in [0.25, 0.3) is 5.69 Å². The number of rotatable bonds is 3. The van der Waals surface area contributed by atoms with Crippen molar-refractivity contribution in [2.45, 2.75) is 6.92 Å². The third-order valence-electron chi connectivity index (χ3n) is 2.56. The smallest absolute Gasteiger partial charge is 0.414 e. The summed E-state index contributed by atoms with van der Waals surface area (Å²) >= 11 is 6.07. The van der Waals surface area contributed by atoms with Crippen molar-refractivity contribution in [2.24, 2.45) is 0 Å². The second kappa shape index (κ2) is 5.71. The number of amides is 1. The molecule has 0 aliphatic rings. The van der Waals surface area contributed by atoms with Gasteiger partial charge in [0.05, 0.1) is 25.2 Å². The van der Waals surface area contributed by atoms with Crippen LogP contribution < -0.4 is 4.90 Å². The maximum atomic E-state index is 11.6. The van der Waals surface area contributed by atoms with Gasteiger partial charge in [-0.3, -0.25) is 9.88 Å². The van der Waals surface area contributed by atoms with Gasteiger partial charge < -0.3 is 4.74 Å². The van der Waals surface area contributed by atoms with Crippen molar-refractivity contribution in [1.29, 1.82) is 0 Å². The number of ether oxygens (including phenoxy) is 1. The molecule has 0 aromatic carbocycles. The quantitative estimate of drug-likeness (QED) is 0.867. The molecule has 0 saturated carbocycles. The number of halogens is 1. The van der Waals surface area contributed by atoms with Crippen molar-refractivity contribution in [3.63, 3.8) is 0 Å². The molecule has 0 N–H and O–H groups in total. The zero-order chi connectivity index (χ0) is 13.8. The van der Waals surface area contributed by atoms with Gasteiger partial charge in [-0.2, -0.15) is 5.10 Å². The van der Waals surface area contributed by atoms with E-state index < -0.39 is 6.09 Å². The number of carbonyl (C=O) groups is 1. The first kappa shape index (κ1) is 13.4. The van der Waals surface area contributed by atoms with E-state index in [9.17, 15) is 4.79 Å². The highest BCUT2D eigenvalue weighted by Gasteiger charge is 2.20. The predicted octanol–water partition coefficient (Wildman–Crippen LogP) is 2.51. The largest absolute Gasteiger partial charge is 0.452 e. The van der Waals surface area contributed by atoms with Crippen LogP contribution in [0.1, 0.15) is 6.92 Å². The van der Waals surface area contributed by atoms with Gasteiger partial charge in [0.25, 0.3) is 0 Å². The Morgan fingerprint density at radius 2 is 2.37 bits per heavy atom. The lowest BCUT2D eigenvalue weighted by atomic mass is 10.4. The predicted molar refractivity (Wildman–Crippen MR) is 71.8 cm³/mol. The van der Waals surface area contributed by atoms with Crippen LogP contribution in [-0.4, -0.2) is 34.5 Å². The zero-order valence-corrected chi connectivity index (χ0v) is 11.3.